The molecule has 25 heavy (non-hydrogen) atoms. The number of halogens is 1. The van der Waals surface area contributed by atoms with E-state index in [1.54, 1.807) is 34.1 Å². The number of carbonyl (C=O) groups is 2. The molecule has 0 saturated carbocycles. The summed E-state index contributed by atoms with van der Waals surface area (Å²) in [5.74, 6) is -0.413. The number of nitrogens with zero attached hydrogens (tertiary/aromatic N) is 2. The molecular formula is C19H18FN3O2. The first-order valence-electron chi connectivity index (χ1n) is 8.39. The Morgan fingerprint density at radius 1 is 1.12 bits per heavy atom. The van der Waals surface area contributed by atoms with E-state index in [2.05, 4.69) is 5.32 Å². The molecule has 0 aromatic heterocycles. The zero-order chi connectivity index (χ0) is 17.4. The Bertz CT molecular complexity index is 852. The SMILES string of the molecule is O=C1NCCN1c1cccc(C(=O)N2CCCc3cc(F)ccc32)c1. The lowest BCUT2D eigenvalue weighted by Gasteiger charge is -2.30. The van der Waals surface area contributed by atoms with Crippen molar-refractivity contribution in [3.63, 3.8) is 0 Å². The molecule has 128 valence electrons. The summed E-state index contributed by atoms with van der Waals surface area (Å²) in [5.41, 5.74) is 2.85. The summed E-state index contributed by atoms with van der Waals surface area (Å²) in [5, 5.41) is 2.75. The van der Waals surface area contributed by atoms with Gasteiger partial charge in [-0.15, -0.1) is 0 Å². The molecule has 0 atom stereocenters. The second kappa shape index (κ2) is 6.20. The van der Waals surface area contributed by atoms with Gasteiger partial charge < -0.3 is 10.2 Å². The van der Waals surface area contributed by atoms with Gasteiger partial charge in [-0.3, -0.25) is 9.69 Å². The van der Waals surface area contributed by atoms with Crippen molar-refractivity contribution in [3.8, 4) is 0 Å². The van der Waals surface area contributed by atoms with Crippen molar-refractivity contribution in [2.24, 2.45) is 0 Å². The van der Waals surface area contributed by atoms with Gasteiger partial charge in [0.25, 0.3) is 5.91 Å². The molecular weight excluding hydrogens is 321 g/mol. The van der Waals surface area contributed by atoms with Gasteiger partial charge >= 0.3 is 6.03 Å². The first kappa shape index (κ1) is 15.6. The number of fused-ring (bicyclic) bond motifs is 1. The molecule has 0 spiro atoms. The van der Waals surface area contributed by atoms with Crippen LogP contribution in [0.2, 0.25) is 0 Å². The number of benzene rings is 2. The number of hydrogen-bond donors (Lipinski definition) is 1. The van der Waals surface area contributed by atoms with E-state index in [1.807, 2.05) is 6.07 Å². The van der Waals surface area contributed by atoms with E-state index in [-0.39, 0.29) is 17.8 Å². The molecule has 5 nitrogen and oxygen atoms in total. The van der Waals surface area contributed by atoms with Crippen LogP contribution in [-0.2, 0) is 6.42 Å². The summed E-state index contributed by atoms with van der Waals surface area (Å²) in [4.78, 5) is 28.2. The molecule has 0 radical (unpaired) electrons. The molecule has 1 saturated heterocycles. The lowest BCUT2D eigenvalue weighted by Crippen LogP contribution is -2.35. The van der Waals surface area contributed by atoms with Crippen molar-refractivity contribution >= 4 is 23.3 Å². The van der Waals surface area contributed by atoms with Gasteiger partial charge in [-0.05, 0) is 54.8 Å². The number of rotatable bonds is 2. The van der Waals surface area contributed by atoms with Crippen LogP contribution in [0.3, 0.4) is 0 Å². The van der Waals surface area contributed by atoms with Crippen LogP contribution >= 0.6 is 0 Å². The van der Waals surface area contributed by atoms with Crippen LogP contribution in [0.4, 0.5) is 20.6 Å². The van der Waals surface area contributed by atoms with Gasteiger partial charge in [0.05, 0.1) is 0 Å². The lowest BCUT2D eigenvalue weighted by molar-refractivity contribution is 0.0985. The standard InChI is InChI=1S/C19H18FN3O2/c20-15-6-7-17-13(11-15)4-2-9-23(17)18(24)14-3-1-5-16(12-14)22-10-8-21-19(22)25/h1,3,5-7,11-12H,2,4,8-10H2,(H,21,25). The van der Waals surface area contributed by atoms with Crippen molar-refractivity contribution in [1.29, 1.82) is 0 Å². The molecule has 2 heterocycles. The average molecular weight is 339 g/mol. The van der Waals surface area contributed by atoms with Gasteiger partial charge in [0.15, 0.2) is 0 Å². The average Bonchev–Trinajstić information content (AvgIpc) is 3.06. The number of hydrogen-bond acceptors (Lipinski definition) is 2. The van der Waals surface area contributed by atoms with Crippen molar-refractivity contribution in [2.45, 2.75) is 12.8 Å². The van der Waals surface area contributed by atoms with Crippen LogP contribution < -0.4 is 15.1 Å². The maximum atomic E-state index is 13.5. The minimum atomic E-state index is -0.282. The third-order valence-electron chi connectivity index (χ3n) is 4.67. The van der Waals surface area contributed by atoms with E-state index in [9.17, 15) is 14.0 Å². The Morgan fingerprint density at radius 2 is 2.00 bits per heavy atom. The number of urea groups is 1. The smallest absolute Gasteiger partial charge is 0.321 e. The highest BCUT2D eigenvalue weighted by Crippen LogP contribution is 2.29. The zero-order valence-electron chi connectivity index (χ0n) is 13.7. The Labute approximate surface area is 145 Å². The fourth-order valence-corrected chi connectivity index (χ4v) is 3.46. The third kappa shape index (κ3) is 2.84. The van der Waals surface area contributed by atoms with E-state index in [4.69, 9.17) is 0 Å². The largest absolute Gasteiger partial charge is 0.336 e. The van der Waals surface area contributed by atoms with Gasteiger partial charge in [0.1, 0.15) is 5.82 Å². The predicted molar refractivity (Wildman–Crippen MR) is 93.6 cm³/mol. The van der Waals surface area contributed by atoms with Crippen LogP contribution in [0.1, 0.15) is 22.3 Å². The fourth-order valence-electron chi connectivity index (χ4n) is 3.46. The van der Waals surface area contributed by atoms with Crippen LogP contribution in [-0.4, -0.2) is 31.6 Å². The monoisotopic (exact) mass is 339 g/mol. The van der Waals surface area contributed by atoms with Crippen LogP contribution in [0.5, 0.6) is 0 Å². The van der Waals surface area contributed by atoms with Crippen LogP contribution in [0.15, 0.2) is 42.5 Å². The third-order valence-corrected chi connectivity index (χ3v) is 4.67. The number of amides is 3. The normalized spacial score (nSPS) is 16.6. The number of carbonyl (C=O) groups excluding carboxylic acids is 2. The fraction of sp³-hybridized carbons (Fsp3) is 0.263. The van der Waals surface area contributed by atoms with Crippen LogP contribution in [0, 0.1) is 5.82 Å². The quantitative estimate of drug-likeness (QED) is 0.915. The summed E-state index contributed by atoms with van der Waals surface area (Å²) in [6.07, 6.45) is 1.57. The highest BCUT2D eigenvalue weighted by molar-refractivity contribution is 6.07. The number of anilines is 2. The maximum absolute atomic E-state index is 13.5. The molecule has 4 rings (SSSR count). The lowest BCUT2D eigenvalue weighted by atomic mass is 10.0. The summed E-state index contributed by atoms with van der Waals surface area (Å²) in [7, 11) is 0. The summed E-state index contributed by atoms with van der Waals surface area (Å²) >= 11 is 0. The summed E-state index contributed by atoms with van der Waals surface area (Å²) in [6.45, 7) is 1.79. The zero-order valence-corrected chi connectivity index (χ0v) is 13.7. The predicted octanol–water partition coefficient (Wildman–Crippen LogP) is 2.95. The Balaban J connectivity index is 1.65. The molecule has 2 aliphatic rings. The van der Waals surface area contributed by atoms with Crippen molar-refractivity contribution in [2.75, 3.05) is 29.4 Å². The molecule has 0 bridgehead atoms. The second-order valence-electron chi connectivity index (χ2n) is 6.27. The molecule has 6 heteroatoms. The Morgan fingerprint density at radius 3 is 2.80 bits per heavy atom. The second-order valence-corrected chi connectivity index (χ2v) is 6.27. The highest BCUT2D eigenvalue weighted by atomic mass is 19.1. The van der Waals surface area contributed by atoms with E-state index in [0.29, 0.717) is 30.9 Å². The molecule has 2 aromatic carbocycles. The van der Waals surface area contributed by atoms with E-state index in [0.717, 1.165) is 24.1 Å². The maximum Gasteiger partial charge on any atom is 0.321 e. The van der Waals surface area contributed by atoms with Crippen molar-refractivity contribution < 1.29 is 14.0 Å². The highest BCUT2D eigenvalue weighted by Gasteiger charge is 2.26. The molecule has 2 aliphatic heterocycles. The van der Waals surface area contributed by atoms with Gasteiger partial charge in [-0.1, -0.05) is 6.07 Å². The Hall–Kier alpha value is -2.89. The first-order valence-corrected chi connectivity index (χ1v) is 8.39. The van der Waals surface area contributed by atoms with E-state index in [1.165, 1.54) is 12.1 Å². The number of nitrogens with one attached hydrogen (secondary N) is 1. The van der Waals surface area contributed by atoms with Gasteiger partial charge in [0, 0.05) is 36.6 Å². The first-order chi connectivity index (χ1) is 12.1. The molecule has 0 aliphatic carbocycles. The molecule has 1 fully saturated rings. The molecule has 2 aromatic rings. The van der Waals surface area contributed by atoms with E-state index >= 15 is 0 Å². The van der Waals surface area contributed by atoms with Crippen molar-refractivity contribution in [1.82, 2.24) is 5.32 Å². The van der Waals surface area contributed by atoms with Gasteiger partial charge in [0.2, 0.25) is 0 Å². The van der Waals surface area contributed by atoms with Gasteiger partial charge in [-0.2, -0.15) is 0 Å². The van der Waals surface area contributed by atoms with E-state index < -0.39 is 0 Å². The minimum Gasteiger partial charge on any atom is -0.336 e. The van der Waals surface area contributed by atoms with Gasteiger partial charge in [-0.25, -0.2) is 9.18 Å². The van der Waals surface area contributed by atoms with Crippen LogP contribution in [0.25, 0.3) is 0 Å². The summed E-state index contributed by atoms with van der Waals surface area (Å²) < 4.78 is 13.5. The summed E-state index contributed by atoms with van der Waals surface area (Å²) in [6, 6.07) is 11.5. The van der Waals surface area contributed by atoms with Crippen molar-refractivity contribution in [3.05, 3.63) is 59.4 Å². The molecule has 1 N–H and O–H groups in total. The molecule has 0 unspecified atom stereocenters. The topological polar surface area (TPSA) is 52.7 Å². The minimum absolute atomic E-state index is 0.131. The Kier molecular flexibility index (Phi) is 3.87. The number of aryl methyl sites for hydroxylation is 1. The molecule has 3 amide bonds.